The smallest absolute Gasteiger partial charge is 0.0393 e. The van der Waals surface area contributed by atoms with E-state index in [0.29, 0.717) is 0 Å². The Bertz CT molecular complexity index is 541. The molecule has 2 aromatic rings. The number of aryl methyl sites for hydroxylation is 1. The van der Waals surface area contributed by atoms with Crippen molar-refractivity contribution in [2.24, 2.45) is 5.73 Å². The molecule has 0 aliphatic heterocycles. The summed E-state index contributed by atoms with van der Waals surface area (Å²) in [5.74, 6) is 0. The van der Waals surface area contributed by atoms with E-state index in [2.05, 4.69) is 75.4 Å². The summed E-state index contributed by atoms with van der Waals surface area (Å²) in [6.45, 7) is 6.61. The molecule has 0 amide bonds. The van der Waals surface area contributed by atoms with Gasteiger partial charge >= 0.3 is 0 Å². The summed E-state index contributed by atoms with van der Waals surface area (Å²) in [6, 6.07) is 19.3. The fourth-order valence-corrected chi connectivity index (χ4v) is 3.23. The van der Waals surface area contributed by atoms with Crippen LogP contribution in [0.4, 0.5) is 0 Å². The average Bonchev–Trinajstić information content (AvgIpc) is 2.50. The SMILES string of the molecule is CCC(CC)(c1ccccc1)C(N)c1cccc(C)c1. The maximum atomic E-state index is 6.70. The van der Waals surface area contributed by atoms with E-state index in [-0.39, 0.29) is 11.5 Å². The summed E-state index contributed by atoms with van der Waals surface area (Å²) >= 11 is 0. The van der Waals surface area contributed by atoms with Crippen LogP contribution < -0.4 is 5.73 Å². The van der Waals surface area contributed by atoms with E-state index in [4.69, 9.17) is 5.73 Å². The van der Waals surface area contributed by atoms with Crippen LogP contribution in [0.5, 0.6) is 0 Å². The molecule has 1 atom stereocenters. The Morgan fingerprint density at radius 1 is 0.950 bits per heavy atom. The van der Waals surface area contributed by atoms with Crippen LogP contribution in [0.1, 0.15) is 49.4 Å². The lowest BCUT2D eigenvalue weighted by Gasteiger charge is -2.38. The van der Waals surface area contributed by atoms with Crippen molar-refractivity contribution in [1.29, 1.82) is 0 Å². The number of hydrogen-bond acceptors (Lipinski definition) is 1. The second-order valence-corrected chi connectivity index (χ2v) is 5.62. The molecule has 1 nitrogen and oxygen atoms in total. The van der Waals surface area contributed by atoms with Gasteiger partial charge < -0.3 is 5.73 Å². The van der Waals surface area contributed by atoms with Gasteiger partial charge in [-0.25, -0.2) is 0 Å². The Hall–Kier alpha value is -1.60. The van der Waals surface area contributed by atoms with Crippen LogP contribution in [0.15, 0.2) is 54.6 Å². The largest absolute Gasteiger partial charge is 0.323 e. The minimum absolute atomic E-state index is 0.00898. The van der Waals surface area contributed by atoms with Crippen LogP contribution >= 0.6 is 0 Å². The van der Waals surface area contributed by atoms with Crippen molar-refractivity contribution in [1.82, 2.24) is 0 Å². The molecule has 20 heavy (non-hydrogen) atoms. The topological polar surface area (TPSA) is 26.0 Å². The van der Waals surface area contributed by atoms with Gasteiger partial charge in [0.15, 0.2) is 0 Å². The van der Waals surface area contributed by atoms with Crippen molar-refractivity contribution < 1.29 is 0 Å². The Balaban J connectivity index is 2.48. The Morgan fingerprint density at radius 3 is 2.15 bits per heavy atom. The van der Waals surface area contributed by atoms with E-state index >= 15 is 0 Å². The van der Waals surface area contributed by atoms with Gasteiger partial charge in [-0.15, -0.1) is 0 Å². The minimum atomic E-state index is 0.00898. The fourth-order valence-electron chi connectivity index (χ4n) is 3.23. The zero-order chi connectivity index (χ0) is 14.6. The quantitative estimate of drug-likeness (QED) is 0.831. The molecular weight excluding hydrogens is 242 g/mol. The molecular formula is C19H25N. The fraction of sp³-hybridized carbons (Fsp3) is 0.368. The van der Waals surface area contributed by atoms with E-state index < -0.39 is 0 Å². The molecule has 0 aromatic heterocycles. The van der Waals surface area contributed by atoms with Gasteiger partial charge in [0.1, 0.15) is 0 Å². The summed E-state index contributed by atoms with van der Waals surface area (Å²) in [5, 5.41) is 0. The predicted molar refractivity (Wildman–Crippen MR) is 86.8 cm³/mol. The van der Waals surface area contributed by atoms with Crippen LogP contribution in [-0.2, 0) is 5.41 Å². The second kappa shape index (κ2) is 6.23. The van der Waals surface area contributed by atoms with Crippen molar-refractivity contribution in [3.63, 3.8) is 0 Å². The molecule has 0 aliphatic carbocycles. The molecule has 0 saturated heterocycles. The summed E-state index contributed by atoms with van der Waals surface area (Å²) in [5.41, 5.74) is 10.6. The molecule has 1 unspecified atom stereocenters. The maximum absolute atomic E-state index is 6.70. The first-order valence-corrected chi connectivity index (χ1v) is 7.51. The molecule has 0 heterocycles. The first kappa shape index (κ1) is 14.8. The molecule has 0 spiro atoms. The first-order chi connectivity index (χ1) is 9.64. The van der Waals surface area contributed by atoms with Gasteiger partial charge in [0.2, 0.25) is 0 Å². The second-order valence-electron chi connectivity index (χ2n) is 5.62. The van der Waals surface area contributed by atoms with E-state index in [1.165, 1.54) is 16.7 Å². The van der Waals surface area contributed by atoms with E-state index in [0.717, 1.165) is 12.8 Å². The summed E-state index contributed by atoms with van der Waals surface area (Å²) < 4.78 is 0. The van der Waals surface area contributed by atoms with Crippen LogP contribution in [-0.4, -0.2) is 0 Å². The van der Waals surface area contributed by atoms with Crippen molar-refractivity contribution in [3.8, 4) is 0 Å². The highest BCUT2D eigenvalue weighted by Gasteiger charge is 2.35. The van der Waals surface area contributed by atoms with Crippen LogP contribution in [0.3, 0.4) is 0 Å². The minimum Gasteiger partial charge on any atom is -0.323 e. The van der Waals surface area contributed by atoms with Crippen molar-refractivity contribution in [2.45, 2.75) is 45.1 Å². The maximum Gasteiger partial charge on any atom is 0.0393 e. The predicted octanol–water partition coefficient (Wildman–Crippen LogP) is 4.75. The van der Waals surface area contributed by atoms with Gasteiger partial charge in [-0.05, 0) is 30.9 Å². The van der Waals surface area contributed by atoms with Gasteiger partial charge in [-0.3, -0.25) is 0 Å². The lowest BCUT2D eigenvalue weighted by Crippen LogP contribution is -2.37. The van der Waals surface area contributed by atoms with Gasteiger partial charge in [-0.2, -0.15) is 0 Å². The molecule has 0 bridgehead atoms. The Morgan fingerprint density at radius 2 is 1.60 bits per heavy atom. The Kier molecular flexibility index (Phi) is 4.61. The molecule has 1 heteroatoms. The highest BCUT2D eigenvalue weighted by Crippen LogP contribution is 2.41. The van der Waals surface area contributed by atoms with E-state index in [1.807, 2.05) is 0 Å². The van der Waals surface area contributed by atoms with Crippen molar-refractivity contribution in [3.05, 3.63) is 71.3 Å². The third kappa shape index (κ3) is 2.64. The molecule has 0 aliphatic rings. The van der Waals surface area contributed by atoms with Crippen LogP contribution in [0.25, 0.3) is 0 Å². The standard InChI is InChI=1S/C19H25N/c1-4-19(5-2,17-12-7-6-8-13-17)18(20)16-11-9-10-15(3)14-16/h6-14,18H,4-5,20H2,1-3H3. The molecule has 0 fully saturated rings. The molecule has 106 valence electrons. The normalized spacial score (nSPS) is 13.2. The van der Waals surface area contributed by atoms with Crippen molar-refractivity contribution in [2.75, 3.05) is 0 Å². The number of rotatable bonds is 5. The molecule has 2 rings (SSSR count). The summed E-state index contributed by atoms with van der Waals surface area (Å²) in [6.07, 6.45) is 2.09. The van der Waals surface area contributed by atoms with Crippen LogP contribution in [0.2, 0.25) is 0 Å². The average molecular weight is 267 g/mol. The summed E-state index contributed by atoms with van der Waals surface area (Å²) in [4.78, 5) is 0. The number of benzene rings is 2. The lowest BCUT2D eigenvalue weighted by molar-refractivity contribution is 0.322. The van der Waals surface area contributed by atoms with Gasteiger partial charge in [0, 0.05) is 11.5 Å². The van der Waals surface area contributed by atoms with Crippen molar-refractivity contribution >= 4 is 0 Å². The van der Waals surface area contributed by atoms with Gasteiger partial charge in [0.05, 0.1) is 0 Å². The Labute approximate surface area is 122 Å². The van der Waals surface area contributed by atoms with E-state index in [9.17, 15) is 0 Å². The third-order valence-corrected chi connectivity index (χ3v) is 4.61. The van der Waals surface area contributed by atoms with E-state index in [1.54, 1.807) is 0 Å². The highest BCUT2D eigenvalue weighted by molar-refractivity contribution is 5.34. The number of hydrogen-bond donors (Lipinski definition) is 1. The third-order valence-electron chi connectivity index (χ3n) is 4.61. The zero-order valence-electron chi connectivity index (χ0n) is 12.8. The monoisotopic (exact) mass is 267 g/mol. The number of nitrogens with two attached hydrogens (primary N) is 1. The molecule has 2 aromatic carbocycles. The molecule has 0 radical (unpaired) electrons. The van der Waals surface area contributed by atoms with Gasteiger partial charge in [-0.1, -0.05) is 74.0 Å². The van der Waals surface area contributed by atoms with Crippen LogP contribution in [0, 0.1) is 6.92 Å². The lowest BCUT2D eigenvalue weighted by atomic mass is 9.68. The zero-order valence-corrected chi connectivity index (χ0v) is 12.8. The highest BCUT2D eigenvalue weighted by atomic mass is 14.7. The molecule has 2 N–H and O–H groups in total. The molecule has 0 saturated carbocycles. The summed E-state index contributed by atoms with van der Waals surface area (Å²) in [7, 11) is 0. The first-order valence-electron chi connectivity index (χ1n) is 7.51. The van der Waals surface area contributed by atoms with Gasteiger partial charge in [0.25, 0.3) is 0 Å².